The number of halogens is 3. The minimum Gasteiger partial charge on any atom is -0.406 e. The maximum absolute atomic E-state index is 12.4. The number of nitrogens with one attached hydrogen (secondary N) is 1. The summed E-state index contributed by atoms with van der Waals surface area (Å²) in [6.07, 6.45) is -1.61. The van der Waals surface area contributed by atoms with Gasteiger partial charge in [-0.1, -0.05) is 30.5 Å². The van der Waals surface area contributed by atoms with Crippen LogP contribution >= 0.6 is 11.8 Å². The summed E-state index contributed by atoms with van der Waals surface area (Å²) in [5, 5.41) is 3.41. The zero-order valence-corrected chi connectivity index (χ0v) is 17.3. The van der Waals surface area contributed by atoms with Crippen LogP contribution in [-0.2, 0) is 11.2 Å². The Balaban J connectivity index is 1.73. The summed E-state index contributed by atoms with van der Waals surface area (Å²) >= 11 is 1.43. The Morgan fingerprint density at radius 3 is 2.65 bits per heavy atom. The van der Waals surface area contributed by atoms with Crippen molar-refractivity contribution >= 4 is 23.4 Å². The monoisotopic (exact) mass is 445 g/mol. The molecular weight excluding hydrogens is 427 g/mol. The minimum atomic E-state index is -4.74. The van der Waals surface area contributed by atoms with E-state index in [1.807, 2.05) is 19.1 Å². The van der Waals surface area contributed by atoms with Gasteiger partial charge in [0.1, 0.15) is 16.6 Å². The summed E-state index contributed by atoms with van der Waals surface area (Å²) in [5.74, 6) is -0.0936. The second kappa shape index (κ2) is 9.65. The van der Waals surface area contributed by atoms with E-state index in [1.54, 1.807) is 24.4 Å². The third-order valence-electron chi connectivity index (χ3n) is 3.99. The lowest BCUT2D eigenvalue weighted by molar-refractivity contribution is -0.274. The minimum absolute atomic E-state index is 0.259. The Kier molecular flexibility index (Phi) is 6.96. The third-order valence-corrected chi connectivity index (χ3v) is 5.11. The van der Waals surface area contributed by atoms with Crippen LogP contribution in [0.5, 0.6) is 5.75 Å². The van der Waals surface area contributed by atoms with Crippen LogP contribution in [0.1, 0.15) is 17.0 Å². The van der Waals surface area contributed by atoms with E-state index in [0.29, 0.717) is 17.1 Å². The second-order valence-electron chi connectivity index (χ2n) is 6.47. The highest BCUT2D eigenvalue weighted by molar-refractivity contribution is 7.99. The lowest BCUT2D eigenvalue weighted by atomic mass is 10.1. The largest absolute Gasteiger partial charge is 0.573 e. The fourth-order valence-corrected chi connectivity index (χ4v) is 3.46. The van der Waals surface area contributed by atoms with Crippen LogP contribution in [0.25, 0.3) is 0 Å². The van der Waals surface area contributed by atoms with Gasteiger partial charge in [0.2, 0.25) is 5.91 Å². The van der Waals surface area contributed by atoms with Crippen molar-refractivity contribution in [1.29, 1.82) is 0 Å². The molecule has 0 aliphatic heterocycles. The van der Waals surface area contributed by atoms with Crippen LogP contribution in [0.3, 0.4) is 0 Å². The third kappa shape index (κ3) is 6.85. The molecule has 0 unspecified atom stereocenters. The molecule has 0 spiro atoms. The first-order chi connectivity index (χ1) is 14.7. The first kappa shape index (κ1) is 22.4. The summed E-state index contributed by atoms with van der Waals surface area (Å²) in [5.41, 5.74) is 2.12. The molecule has 0 atom stereocenters. The van der Waals surface area contributed by atoms with E-state index in [-0.39, 0.29) is 18.1 Å². The van der Waals surface area contributed by atoms with E-state index < -0.39 is 6.36 Å². The SMILES string of the molecule is C=CC(=O)Nc1ccc(Sc2nc(Cc3cccc(OC(F)(F)F)c3)ncc2C)cc1. The van der Waals surface area contributed by atoms with Crippen molar-refractivity contribution in [2.24, 2.45) is 0 Å². The summed E-state index contributed by atoms with van der Waals surface area (Å²) in [6.45, 7) is 5.29. The molecule has 0 aliphatic rings. The van der Waals surface area contributed by atoms with Gasteiger partial charge in [0.15, 0.2) is 0 Å². The quantitative estimate of drug-likeness (QED) is 0.382. The predicted molar refractivity (Wildman–Crippen MR) is 112 cm³/mol. The second-order valence-corrected chi connectivity index (χ2v) is 7.53. The lowest BCUT2D eigenvalue weighted by Crippen LogP contribution is -2.17. The van der Waals surface area contributed by atoms with Crippen LogP contribution in [0, 0.1) is 6.92 Å². The van der Waals surface area contributed by atoms with Gasteiger partial charge in [-0.3, -0.25) is 4.79 Å². The molecular formula is C22H18F3N3O2S. The zero-order chi connectivity index (χ0) is 22.4. The van der Waals surface area contributed by atoms with Gasteiger partial charge in [-0.2, -0.15) is 0 Å². The topological polar surface area (TPSA) is 64.1 Å². The van der Waals surface area contributed by atoms with Gasteiger partial charge < -0.3 is 10.1 Å². The number of alkyl halides is 3. The molecule has 1 heterocycles. The smallest absolute Gasteiger partial charge is 0.406 e. The Morgan fingerprint density at radius 2 is 1.97 bits per heavy atom. The number of aryl methyl sites for hydroxylation is 1. The first-order valence-corrected chi connectivity index (χ1v) is 9.92. The Hall–Kier alpha value is -3.33. The molecule has 0 saturated carbocycles. The number of aromatic nitrogens is 2. The molecule has 3 aromatic rings. The van der Waals surface area contributed by atoms with E-state index in [9.17, 15) is 18.0 Å². The summed E-state index contributed by atoms with van der Waals surface area (Å²) in [4.78, 5) is 21.1. The number of carbonyl (C=O) groups excluding carboxylic acids is 1. The standard InChI is InChI=1S/C22H18F3N3O2S/c1-3-20(29)27-16-7-9-18(10-8-16)31-21-14(2)13-26-19(28-21)12-15-5-4-6-17(11-15)30-22(23,24)25/h3-11,13H,1,12H2,2H3,(H,27,29). The molecule has 0 fully saturated rings. The summed E-state index contributed by atoms with van der Waals surface area (Å²) < 4.78 is 41.3. The first-order valence-electron chi connectivity index (χ1n) is 9.10. The van der Waals surface area contributed by atoms with E-state index in [4.69, 9.17) is 0 Å². The number of anilines is 1. The van der Waals surface area contributed by atoms with Crippen LogP contribution < -0.4 is 10.1 Å². The molecule has 2 aromatic carbocycles. The molecule has 0 radical (unpaired) electrons. The van der Waals surface area contributed by atoms with Crippen LogP contribution in [0.4, 0.5) is 18.9 Å². The van der Waals surface area contributed by atoms with E-state index >= 15 is 0 Å². The van der Waals surface area contributed by atoms with E-state index in [0.717, 1.165) is 15.5 Å². The maximum atomic E-state index is 12.4. The molecule has 9 heteroatoms. The number of hydrogen-bond acceptors (Lipinski definition) is 5. The molecule has 0 saturated heterocycles. The maximum Gasteiger partial charge on any atom is 0.573 e. The molecule has 0 bridgehead atoms. The number of rotatable bonds is 7. The highest BCUT2D eigenvalue weighted by atomic mass is 32.2. The van der Waals surface area contributed by atoms with Crippen molar-refractivity contribution < 1.29 is 22.7 Å². The average molecular weight is 445 g/mol. The van der Waals surface area contributed by atoms with Crippen LogP contribution in [-0.4, -0.2) is 22.2 Å². The van der Waals surface area contributed by atoms with Gasteiger partial charge >= 0.3 is 6.36 Å². The van der Waals surface area contributed by atoms with Crippen molar-refractivity contribution in [3.8, 4) is 5.75 Å². The van der Waals surface area contributed by atoms with E-state index in [2.05, 4.69) is 26.6 Å². The van der Waals surface area contributed by atoms with Crippen molar-refractivity contribution in [3.63, 3.8) is 0 Å². The van der Waals surface area contributed by atoms with Gasteiger partial charge in [-0.05, 0) is 60.5 Å². The number of benzene rings is 2. The van der Waals surface area contributed by atoms with E-state index in [1.165, 1.54) is 36.0 Å². The lowest BCUT2D eigenvalue weighted by Gasteiger charge is -2.10. The number of amides is 1. The Labute approximate surface area is 181 Å². The zero-order valence-electron chi connectivity index (χ0n) is 16.4. The van der Waals surface area contributed by atoms with Crippen LogP contribution in [0.2, 0.25) is 0 Å². The van der Waals surface area contributed by atoms with Crippen molar-refractivity contribution in [3.05, 3.63) is 84.3 Å². The Bertz CT molecular complexity index is 1090. The average Bonchev–Trinajstić information content (AvgIpc) is 2.71. The number of nitrogens with zero attached hydrogens (tertiary/aromatic N) is 2. The van der Waals surface area contributed by atoms with Gasteiger partial charge in [0.05, 0.1) is 0 Å². The molecule has 1 aromatic heterocycles. The highest BCUT2D eigenvalue weighted by Crippen LogP contribution is 2.30. The number of ether oxygens (including phenoxy) is 1. The summed E-state index contributed by atoms with van der Waals surface area (Å²) in [6, 6.07) is 13.0. The molecule has 0 aliphatic carbocycles. The molecule has 3 rings (SSSR count). The highest BCUT2D eigenvalue weighted by Gasteiger charge is 2.31. The normalized spacial score (nSPS) is 11.1. The van der Waals surface area contributed by atoms with Crippen molar-refractivity contribution in [2.75, 3.05) is 5.32 Å². The van der Waals surface area contributed by atoms with Crippen LogP contribution in [0.15, 0.2) is 77.3 Å². The van der Waals surface area contributed by atoms with Crippen molar-refractivity contribution in [2.45, 2.75) is 29.6 Å². The summed E-state index contributed by atoms with van der Waals surface area (Å²) in [7, 11) is 0. The van der Waals surface area contributed by atoms with Gasteiger partial charge in [0, 0.05) is 23.2 Å². The molecule has 31 heavy (non-hydrogen) atoms. The molecule has 1 N–H and O–H groups in total. The number of carbonyl (C=O) groups is 1. The predicted octanol–water partition coefficient (Wildman–Crippen LogP) is 5.55. The molecule has 160 valence electrons. The van der Waals surface area contributed by atoms with Crippen molar-refractivity contribution in [1.82, 2.24) is 9.97 Å². The van der Waals surface area contributed by atoms with Gasteiger partial charge in [0.25, 0.3) is 0 Å². The molecule has 1 amide bonds. The fraction of sp³-hybridized carbons (Fsp3) is 0.136. The number of hydrogen-bond donors (Lipinski definition) is 1. The molecule has 5 nitrogen and oxygen atoms in total. The van der Waals surface area contributed by atoms with Gasteiger partial charge in [-0.25, -0.2) is 9.97 Å². The van der Waals surface area contributed by atoms with Gasteiger partial charge in [-0.15, -0.1) is 13.2 Å². The fourth-order valence-electron chi connectivity index (χ4n) is 2.60. The Morgan fingerprint density at radius 1 is 1.23 bits per heavy atom.